The number of halogens is 1. The van der Waals surface area contributed by atoms with Crippen molar-refractivity contribution >= 4 is 11.9 Å². The molecule has 118 valence electrons. The minimum atomic E-state index is -1.03. The molecule has 0 unspecified atom stereocenters. The van der Waals surface area contributed by atoms with Crippen molar-refractivity contribution < 1.29 is 23.8 Å². The maximum atomic E-state index is 13.3. The Morgan fingerprint density at radius 1 is 1.32 bits per heavy atom. The van der Waals surface area contributed by atoms with Crippen LogP contribution in [0.5, 0.6) is 0 Å². The van der Waals surface area contributed by atoms with Gasteiger partial charge in [0.2, 0.25) is 5.91 Å². The van der Waals surface area contributed by atoms with Crippen molar-refractivity contribution in [3.8, 4) is 0 Å². The van der Waals surface area contributed by atoms with Gasteiger partial charge in [-0.2, -0.15) is 0 Å². The first-order valence-electron chi connectivity index (χ1n) is 7.42. The van der Waals surface area contributed by atoms with E-state index in [1.54, 1.807) is 6.07 Å². The number of carbonyl (C=O) groups is 2. The van der Waals surface area contributed by atoms with Crippen molar-refractivity contribution in [3.63, 3.8) is 0 Å². The standard InChI is InChI=1S/C16H18FNO4/c17-11-3-1-2-10(8-11)16(6-7-16)9-18-14(19)12-4-5-13(22-12)15(20)21/h1-3,8,12-13H,4-7,9H2,(H,18,19)(H,20,21)/t12-,13+/m0/s1. The average Bonchev–Trinajstić information content (AvgIpc) is 3.11. The molecule has 6 heteroatoms. The molecule has 1 amide bonds. The molecular weight excluding hydrogens is 289 g/mol. The topological polar surface area (TPSA) is 75.6 Å². The third-order valence-corrected chi connectivity index (χ3v) is 4.48. The molecule has 1 heterocycles. The van der Waals surface area contributed by atoms with E-state index >= 15 is 0 Å². The van der Waals surface area contributed by atoms with Gasteiger partial charge in [0.1, 0.15) is 11.9 Å². The van der Waals surface area contributed by atoms with Crippen LogP contribution in [0.15, 0.2) is 24.3 Å². The second kappa shape index (κ2) is 5.68. The second-order valence-electron chi connectivity index (χ2n) is 6.04. The number of aliphatic carboxylic acids is 1. The first-order valence-corrected chi connectivity index (χ1v) is 7.42. The molecule has 1 aliphatic carbocycles. The molecule has 22 heavy (non-hydrogen) atoms. The van der Waals surface area contributed by atoms with Gasteiger partial charge in [-0.05, 0) is 43.4 Å². The molecule has 2 fully saturated rings. The number of hydrogen-bond acceptors (Lipinski definition) is 3. The van der Waals surface area contributed by atoms with Crippen LogP contribution in [0.3, 0.4) is 0 Å². The fraction of sp³-hybridized carbons (Fsp3) is 0.500. The van der Waals surface area contributed by atoms with Crippen LogP contribution in [-0.4, -0.2) is 35.7 Å². The summed E-state index contributed by atoms with van der Waals surface area (Å²) in [6, 6.07) is 6.45. The molecule has 1 aromatic carbocycles. The smallest absolute Gasteiger partial charge is 0.332 e. The minimum Gasteiger partial charge on any atom is -0.479 e. The molecule has 5 nitrogen and oxygen atoms in total. The predicted octanol–water partition coefficient (Wildman–Crippen LogP) is 1.61. The summed E-state index contributed by atoms with van der Waals surface area (Å²) < 4.78 is 18.5. The van der Waals surface area contributed by atoms with E-state index in [0.717, 1.165) is 18.4 Å². The molecule has 1 aromatic rings. The van der Waals surface area contributed by atoms with Crippen molar-refractivity contribution in [3.05, 3.63) is 35.6 Å². The number of nitrogens with one attached hydrogen (secondary N) is 1. The molecular formula is C16H18FNO4. The fourth-order valence-electron chi connectivity index (χ4n) is 2.92. The lowest BCUT2D eigenvalue weighted by Gasteiger charge is -2.18. The van der Waals surface area contributed by atoms with Crippen molar-refractivity contribution in [1.29, 1.82) is 0 Å². The first-order chi connectivity index (χ1) is 10.5. The van der Waals surface area contributed by atoms with E-state index in [-0.39, 0.29) is 17.1 Å². The average molecular weight is 307 g/mol. The summed E-state index contributed by atoms with van der Waals surface area (Å²) in [4.78, 5) is 22.9. The van der Waals surface area contributed by atoms with Crippen molar-refractivity contribution in [2.24, 2.45) is 0 Å². The van der Waals surface area contributed by atoms with Gasteiger partial charge >= 0.3 is 5.97 Å². The Bertz CT molecular complexity index is 600. The zero-order valence-electron chi connectivity index (χ0n) is 12.0. The summed E-state index contributed by atoms with van der Waals surface area (Å²) in [5.41, 5.74) is 0.700. The highest BCUT2D eigenvalue weighted by atomic mass is 19.1. The van der Waals surface area contributed by atoms with Crippen LogP contribution in [-0.2, 0) is 19.7 Å². The normalized spacial score (nSPS) is 25.7. The highest BCUT2D eigenvalue weighted by Crippen LogP contribution is 2.47. The zero-order valence-corrected chi connectivity index (χ0v) is 12.0. The predicted molar refractivity (Wildman–Crippen MR) is 75.9 cm³/mol. The summed E-state index contributed by atoms with van der Waals surface area (Å²) in [5, 5.41) is 11.7. The van der Waals surface area contributed by atoms with Crippen LogP contribution >= 0.6 is 0 Å². The summed E-state index contributed by atoms with van der Waals surface area (Å²) in [7, 11) is 0. The minimum absolute atomic E-state index is 0.192. The Morgan fingerprint density at radius 3 is 2.64 bits per heavy atom. The molecule has 0 spiro atoms. The van der Waals surface area contributed by atoms with E-state index in [0.29, 0.717) is 19.4 Å². The van der Waals surface area contributed by atoms with Crippen LogP contribution < -0.4 is 5.32 Å². The number of benzene rings is 1. The van der Waals surface area contributed by atoms with Gasteiger partial charge in [0.15, 0.2) is 6.10 Å². The highest BCUT2D eigenvalue weighted by molar-refractivity contribution is 5.82. The lowest BCUT2D eigenvalue weighted by atomic mass is 9.95. The third-order valence-electron chi connectivity index (χ3n) is 4.48. The Labute approximate surface area is 127 Å². The summed E-state index contributed by atoms with van der Waals surface area (Å²) in [6.45, 7) is 0.423. The number of carbonyl (C=O) groups excluding carboxylic acids is 1. The molecule has 1 saturated carbocycles. The quantitative estimate of drug-likeness (QED) is 0.866. The summed E-state index contributed by atoms with van der Waals surface area (Å²) >= 11 is 0. The van der Waals surface area contributed by atoms with Gasteiger partial charge in [-0.3, -0.25) is 4.79 Å². The second-order valence-corrected chi connectivity index (χ2v) is 6.04. The first kappa shape index (κ1) is 15.0. The number of rotatable bonds is 5. The van der Waals surface area contributed by atoms with E-state index in [2.05, 4.69) is 5.32 Å². The lowest BCUT2D eigenvalue weighted by Crippen LogP contribution is -2.39. The van der Waals surface area contributed by atoms with Gasteiger partial charge in [0.05, 0.1) is 0 Å². The van der Waals surface area contributed by atoms with E-state index < -0.39 is 18.2 Å². The van der Waals surface area contributed by atoms with Gasteiger partial charge in [-0.15, -0.1) is 0 Å². The Hall–Kier alpha value is -1.95. The summed E-state index contributed by atoms with van der Waals surface area (Å²) in [6.07, 6.45) is 0.969. The van der Waals surface area contributed by atoms with Crippen molar-refractivity contribution in [2.75, 3.05) is 6.54 Å². The Morgan fingerprint density at radius 2 is 2.05 bits per heavy atom. The van der Waals surface area contributed by atoms with E-state index in [1.165, 1.54) is 12.1 Å². The fourth-order valence-corrected chi connectivity index (χ4v) is 2.92. The number of ether oxygens (including phenoxy) is 1. The van der Waals surface area contributed by atoms with Crippen LogP contribution in [0.2, 0.25) is 0 Å². The molecule has 1 saturated heterocycles. The SMILES string of the molecule is O=C(NCC1(c2cccc(F)c2)CC1)[C@@H]1CC[C@H](C(=O)O)O1. The van der Waals surface area contributed by atoms with Crippen molar-refractivity contribution in [1.82, 2.24) is 5.32 Å². The Balaban J connectivity index is 1.56. The molecule has 0 radical (unpaired) electrons. The van der Waals surface area contributed by atoms with Crippen LogP contribution in [0.25, 0.3) is 0 Å². The lowest BCUT2D eigenvalue weighted by molar-refractivity contribution is -0.151. The van der Waals surface area contributed by atoms with Gasteiger partial charge < -0.3 is 15.2 Å². The molecule has 2 atom stereocenters. The van der Waals surface area contributed by atoms with Crippen LogP contribution in [0.4, 0.5) is 4.39 Å². The van der Waals surface area contributed by atoms with Gasteiger partial charge in [0, 0.05) is 12.0 Å². The maximum absolute atomic E-state index is 13.3. The molecule has 0 aromatic heterocycles. The van der Waals surface area contributed by atoms with Gasteiger partial charge in [0.25, 0.3) is 0 Å². The zero-order chi connectivity index (χ0) is 15.7. The number of hydrogen-bond donors (Lipinski definition) is 2. The van der Waals surface area contributed by atoms with Crippen molar-refractivity contribution in [2.45, 2.75) is 43.3 Å². The largest absolute Gasteiger partial charge is 0.479 e. The van der Waals surface area contributed by atoms with Crippen LogP contribution in [0, 0.1) is 5.82 Å². The number of carboxylic acid groups (broad SMARTS) is 1. The van der Waals surface area contributed by atoms with Gasteiger partial charge in [-0.25, -0.2) is 9.18 Å². The molecule has 2 N–H and O–H groups in total. The summed E-state index contributed by atoms with van der Waals surface area (Å²) in [5.74, 6) is -1.60. The van der Waals surface area contributed by atoms with Gasteiger partial charge in [-0.1, -0.05) is 12.1 Å². The molecule has 0 bridgehead atoms. The molecule has 1 aliphatic heterocycles. The monoisotopic (exact) mass is 307 g/mol. The number of amides is 1. The number of carboxylic acids is 1. The van der Waals surface area contributed by atoms with E-state index in [4.69, 9.17) is 9.84 Å². The Kier molecular flexibility index (Phi) is 3.87. The third kappa shape index (κ3) is 2.97. The van der Waals surface area contributed by atoms with E-state index in [1.807, 2.05) is 6.07 Å². The molecule has 2 aliphatic rings. The maximum Gasteiger partial charge on any atom is 0.332 e. The highest BCUT2D eigenvalue weighted by Gasteiger charge is 2.45. The van der Waals surface area contributed by atoms with E-state index in [9.17, 15) is 14.0 Å². The molecule has 3 rings (SSSR count). The van der Waals surface area contributed by atoms with Crippen LogP contribution in [0.1, 0.15) is 31.2 Å².